The highest BCUT2D eigenvalue weighted by molar-refractivity contribution is 5.97. The second kappa shape index (κ2) is 6.53. The van der Waals surface area contributed by atoms with Gasteiger partial charge in [0, 0.05) is 11.6 Å². The molecule has 0 aliphatic carbocycles. The quantitative estimate of drug-likeness (QED) is 0.798. The third-order valence-electron chi connectivity index (χ3n) is 3.52. The van der Waals surface area contributed by atoms with Gasteiger partial charge >= 0.3 is 0 Å². The van der Waals surface area contributed by atoms with Crippen molar-refractivity contribution in [3.63, 3.8) is 0 Å². The highest BCUT2D eigenvalue weighted by Crippen LogP contribution is 2.19. The van der Waals surface area contributed by atoms with Crippen molar-refractivity contribution in [3.8, 4) is 5.69 Å². The first kappa shape index (κ1) is 15.7. The number of rotatable bonds is 4. The SMILES string of the molecule is CC(NC(=O)c1ccccc1-n1cnnn1)c1ccc(F)cc1F. The van der Waals surface area contributed by atoms with Crippen LogP contribution in [-0.4, -0.2) is 26.1 Å². The van der Waals surface area contributed by atoms with Crippen LogP contribution in [0.2, 0.25) is 0 Å². The van der Waals surface area contributed by atoms with Gasteiger partial charge in [-0.1, -0.05) is 18.2 Å². The number of nitrogens with zero attached hydrogens (tertiary/aromatic N) is 4. The first-order valence-electron chi connectivity index (χ1n) is 7.14. The van der Waals surface area contributed by atoms with Crippen molar-refractivity contribution in [2.45, 2.75) is 13.0 Å². The average molecular weight is 329 g/mol. The molecule has 1 amide bonds. The summed E-state index contributed by atoms with van der Waals surface area (Å²) < 4.78 is 28.2. The van der Waals surface area contributed by atoms with E-state index in [1.165, 1.54) is 17.1 Å². The highest BCUT2D eigenvalue weighted by Gasteiger charge is 2.18. The molecule has 3 aromatic rings. The van der Waals surface area contributed by atoms with Gasteiger partial charge in [0.15, 0.2) is 0 Å². The predicted molar refractivity (Wildman–Crippen MR) is 81.4 cm³/mol. The van der Waals surface area contributed by atoms with Crippen LogP contribution in [0.4, 0.5) is 8.78 Å². The van der Waals surface area contributed by atoms with Crippen LogP contribution >= 0.6 is 0 Å². The number of carbonyl (C=O) groups excluding carboxylic acids is 1. The summed E-state index contributed by atoms with van der Waals surface area (Å²) in [5.74, 6) is -1.80. The zero-order chi connectivity index (χ0) is 17.1. The zero-order valence-electron chi connectivity index (χ0n) is 12.6. The molecule has 0 spiro atoms. The van der Waals surface area contributed by atoms with Gasteiger partial charge in [0.05, 0.1) is 17.3 Å². The Kier molecular flexibility index (Phi) is 4.28. The number of carbonyl (C=O) groups is 1. The van der Waals surface area contributed by atoms with E-state index in [1.807, 2.05) is 0 Å². The fourth-order valence-corrected chi connectivity index (χ4v) is 2.34. The van der Waals surface area contributed by atoms with E-state index in [-0.39, 0.29) is 5.56 Å². The molecule has 1 heterocycles. The summed E-state index contributed by atoms with van der Waals surface area (Å²) in [6, 6.07) is 9.35. The predicted octanol–water partition coefficient (Wildman–Crippen LogP) is 2.43. The summed E-state index contributed by atoms with van der Waals surface area (Å²) in [7, 11) is 0. The Morgan fingerprint density at radius 3 is 2.71 bits per heavy atom. The van der Waals surface area contributed by atoms with E-state index in [9.17, 15) is 13.6 Å². The number of amides is 1. The largest absolute Gasteiger partial charge is 0.345 e. The highest BCUT2D eigenvalue weighted by atomic mass is 19.1. The smallest absolute Gasteiger partial charge is 0.253 e. The number of halogens is 2. The Labute approximate surface area is 136 Å². The Balaban J connectivity index is 1.85. The molecule has 8 heteroatoms. The van der Waals surface area contributed by atoms with Crippen molar-refractivity contribution in [2.24, 2.45) is 0 Å². The van der Waals surface area contributed by atoms with Gasteiger partial charge in [0.25, 0.3) is 5.91 Å². The van der Waals surface area contributed by atoms with E-state index in [4.69, 9.17) is 0 Å². The maximum absolute atomic E-state index is 13.8. The van der Waals surface area contributed by atoms with Gasteiger partial charge in [-0.2, -0.15) is 4.68 Å². The molecule has 122 valence electrons. The third kappa shape index (κ3) is 3.12. The molecular formula is C16H13F2N5O. The molecule has 0 aliphatic heterocycles. The van der Waals surface area contributed by atoms with Crippen LogP contribution in [0, 0.1) is 11.6 Å². The molecule has 0 aliphatic rings. The molecule has 0 saturated carbocycles. The summed E-state index contributed by atoms with van der Waals surface area (Å²) in [6.45, 7) is 1.62. The summed E-state index contributed by atoms with van der Waals surface area (Å²) >= 11 is 0. The number of para-hydroxylation sites is 1. The van der Waals surface area contributed by atoms with Gasteiger partial charge in [-0.05, 0) is 35.5 Å². The standard InChI is InChI=1S/C16H13F2N5O/c1-10(12-7-6-11(17)8-14(12)18)20-16(24)13-4-2-3-5-15(13)23-9-19-21-22-23/h2-10H,1H3,(H,20,24). The van der Waals surface area contributed by atoms with Crippen molar-refractivity contribution in [1.82, 2.24) is 25.5 Å². The minimum Gasteiger partial charge on any atom is -0.345 e. The van der Waals surface area contributed by atoms with E-state index in [2.05, 4.69) is 20.8 Å². The van der Waals surface area contributed by atoms with Crippen LogP contribution in [0.25, 0.3) is 5.69 Å². The Bertz CT molecular complexity index is 867. The minimum atomic E-state index is -0.712. The molecule has 1 N–H and O–H groups in total. The van der Waals surface area contributed by atoms with E-state index in [1.54, 1.807) is 31.2 Å². The monoisotopic (exact) mass is 329 g/mol. The Morgan fingerprint density at radius 1 is 1.21 bits per heavy atom. The topological polar surface area (TPSA) is 72.7 Å². The van der Waals surface area contributed by atoms with E-state index < -0.39 is 23.6 Å². The van der Waals surface area contributed by atoms with E-state index >= 15 is 0 Å². The van der Waals surface area contributed by atoms with Crippen molar-refractivity contribution in [3.05, 3.63) is 71.6 Å². The number of hydrogen-bond acceptors (Lipinski definition) is 4. The molecule has 1 atom stereocenters. The molecule has 3 rings (SSSR count). The van der Waals surface area contributed by atoms with Crippen LogP contribution in [0.5, 0.6) is 0 Å². The molecule has 0 saturated heterocycles. The van der Waals surface area contributed by atoms with Crippen LogP contribution in [-0.2, 0) is 0 Å². The van der Waals surface area contributed by atoms with Gasteiger partial charge in [-0.3, -0.25) is 4.79 Å². The Hall–Kier alpha value is -3.16. The maximum atomic E-state index is 13.8. The zero-order valence-corrected chi connectivity index (χ0v) is 12.6. The Morgan fingerprint density at radius 2 is 2.00 bits per heavy atom. The number of nitrogens with one attached hydrogen (secondary N) is 1. The second-order valence-corrected chi connectivity index (χ2v) is 5.13. The normalized spacial score (nSPS) is 12.0. The summed E-state index contributed by atoms with van der Waals surface area (Å²) in [6.07, 6.45) is 1.37. The minimum absolute atomic E-state index is 0.199. The number of hydrogen-bond donors (Lipinski definition) is 1. The van der Waals surface area contributed by atoms with Crippen molar-refractivity contribution in [1.29, 1.82) is 0 Å². The fraction of sp³-hybridized carbons (Fsp3) is 0.125. The number of tetrazole rings is 1. The maximum Gasteiger partial charge on any atom is 0.253 e. The van der Waals surface area contributed by atoms with Crippen LogP contribution < -0.4 is 5.32 Å². The lowest BCUT2D eigenvalue weighted by molar-refractivity contribution is 0.0939. The van der Waals surface area contributed by atoms with E-state index in [0.29, 0.717) is 11.3 Å². The molecule has 0 fully saturated rings. The molecule has 1 unspecified atom stereocenters. The van der Waals surface area contributed by atoms with E-state index in [0.717, 1.165) is 12.1 Å². The third-order valence-corrected chi connectivity index (χ3v) is 3.52. The van der Waals surface area contributed by atoms with Crippen LogP contribution in [0.1, 0.15) is 28.9 Å². The van der Waals surface area contributed by atoms with Crippen molar-refractivity contribution in [2.75, 3.05) is 0 Å². The number of aromatic nitrogens is 4. The summed E-state index contributed by atoms with van der Waals surface area (Å²) in [4.78, 5) is 12.5. The van der Waals surface area contributed by atoms with Crippen LogP contribution in [0.15, 0.2) is 48.8 Å². The fourth-order valence-electron chi connectivity index (χ4n) is 2.34. The summed E-state index contributed by atoms with van der Waals surface area (Å²) in [5.41, 5.74) is 1.02. The molecule has 0 radical (unpaired) electrons. The molecule has 1 aromatic heterocycles. The van der Waals surface area contributed by atoms with Crippen molar-refractivity contribution >= 4 is 5.91 Å². The van der Waals surface area contributed by atoms with Gasteiger partial charge < -0.3 is 5.32 Å². The van der Waals surface area contributed by atoms with Gasteiger partial charge in [0.2, 0.25) is 0 Å². The molecule has 6 nitrogen and oxygen atoms in total. The first-order valence-corrected chi connectivity index (χ1v) is 7.14. The molecule has 24 heavy (non-hydrogen) atoms. The molecule has 2 aromatic carbocycles. The van der Waals surface area contributed by atoms with Gasteiger partial charge in [-0.25, -0.2) is 8.78 Å². The average Bonchev–Trinajstić information content (AvgIpc) is 3.09. The molecular weight excluding hydrogens is 316 g/mol. The van der Waals surface area contributed by atoms with Crippen molar-refractivity contribution < 1.29 is 13.6 Å². The van der Waals surface area contributed by atoms with Gasteiger partial charge in [0.1, 0.15) is 18.0 Å². The first-order chi connectivity index (χ1) is 11.6. The number of benzene rings is 2. The van der Waals surface area contributed by atoms with Crippen LogP contribution in [0.3, 0.4) is 0 Å². The second-order valence-electron chi connectivity index (χ2n) is 5.13. The summed E-state index contributed by atoms with van der Waals surface area (Å²) in [5, 5.41) is 13.5. The lowest BCUT2D eigenvalue weighted by Crippen LogP contribution is -2.28. The molecule has 0 bridgehead atoms. The lowest BCUT2D eigenvalue weighted by Gasteiger charge is -2.16. The lowest BCUT2D eigenvalue weighted by atomic mass is 10.1. The van der Waals surface area contributed by atoms with Gasteiger partial charge in [-0.15, -0.1) is 5.10 Å².